The van der Waals surface area contributed by atoms with E-state index < -0.39 is 26.9 Å². The SMILES string of the molecule is C[Si](C)(C)c1cccnc1-c1ccc(S(=O)c2ccc(-c3ncccc3[Si](C)(C)C)cc2)cc1. The Morgan fingerprint density at radius 2 is 0.912 bits per heavy atom. The van der Waals surface area contributed by atoms with Crippen LogP contribution in [0.3, 0.4) is 0 Å². The summed E-state index contributed by atoms with van der Waals surface area (Å²) in [4.78, 5) is 10.9. The van der Waals surface area contributed by atoms with Crippen LogP contribution in [0.2, 0.25) is 39.3 Å². The fourth-order valence-corrected chi connectivity index (χ4v) is 8.16. The van der Waals surface area contributed by atoms with Gasteiger partial charge >= 0.3 is 0 Å². The second kappa shape index (κ2) is 9.52. The van der Waals surface area contributed by atoms with Gasteiger partial charge in [-0.3, -0.25) is 9.97 Å². The lowest BCUT2D eigenvalue weighted by Crippen LogP contribution is -2.39. The molecule has 4 aromatic rings. The van der Waals surface area contributed by atoms with Crippen molar-refractivity contribution in [1.82, 2.24) is 9.97 Å². The van der Waals surface area contributed by atoms with Gasteiger partial charge < -0.3 is 0 Å². The van der Waals surface area contributed by atoms with Crippen molar-refractivity contribution in [2.24, 2.45) is 0 Å². The molecule has 0 bridgehead atoms. The zero-order valence-corrected chi connectivity index (χ0v) is 23.6. The molecular formula is C28H32N2OSSi2. The van der Waals surface area contributed by atoms with E-state index in [2.05, 4.69) is 61.4 Å². The molecule has 2 heterocycles. The van der Waals surface area contributed by atoms with Crippen molar-refractivity contribution >= 4 is 37.3 Å². The molecular weight excluding hydrogens is 469 g/mol. The molecule has 6 heteroatoms. The van der Waals surface area contributed by atoms with Gasteiger partial charge in [0.25, 0.3) is 0 Å². The highest BCUT2D eigenvalue weighted by atomic mass is 32.2. The molecule has 0 N–H and O–H groups in total. The average molecular weight is 501 g/mol. The number of hydrogen-bond acceptors (Lipinski definition) is 3. The Morgan fingerprint density at radius 1 is 0.559 bits per heavy atom. The fraction of sp³-hybridized carbons (Fsp3) is 0.214. The first-order valence-corrected chi connectivity index (χ1v) is 19.7. The van der Waals surface area contributed by atoms with E-state index in [1.54, 1.807) is 0 Å². The van der Waals surface area contributed by atoms with Crippen LogP contribution in [0, 0.1) is 0 Å². The van der Waals surface area contributed by atoms with Gasteiger partial charge in [-0.15, -0.1) is 0 Å². The van der Waals surface area contributed by atoms with Gasteiger partial charge in [0.2, 0.25) is 0 Å². The van der Waals surface area contributed by atoms with Gasteiger partial charge in [0.15, 0.2) is 0 Å². The predicted octanol–water partition coefficient (Wildman–Crippen LogP) is 6.07. The van der Waals surface area contributed by atoms with Crippen LogP contribution in [0.15, 0.2) is 95.0 Å². The van der Waals surface area contributed by atoms with Gasteiger partial charge in [-0.05, 0) is 46.8 Å². The Labute approximate surface area is 207 Å². The molecule has 0 unspecified atom stereocenters. The molecule has 0 aliphatic carbocycles. The summed E-state index contributed by atoms with van der Waals surface area (Å²) in [5.74, 6) is 0. The molecule has 0 amide bonds. The molecule has 0 aliphatic rings. The van der Waals surface area contributed by atoms with Crippen LogP contribution < -0.4 is 10.4 Å². The van der Waals surface area contributed by atoms with Crippen LogP contribution in [0.4, 0.5) is 0 Å². The average Bonchev–Trinajstić information content (AvgIpc) is 2.83. The normalized spacial score (nSPS) is 12.2. The van der Waals surface area contributed by atoms with E-state index in [9.17, 15) is 4.21 Å². The summed E-state index contributed by atoms with van der Waals surface area (Å²) in [7, 11) is -4.29. The maximum atomic E-state index is 13.3. The summed E-state index contributed by atoms with van der Waals surface area (Å²) in [5.41, 5.74) is 4.22. The number of nitrogens with zero attached hydrogens (tertiary/aromatic N) is 2. The third kappa shape index (κ3) is 5.19. The highest BCUT2D eigenvalue weighted by Crippen LogP contribution is 2.25. The lowest BCUT2D eigenvalue weighted by molar-refractivity contribution is 0.683. The van der Waals surface area contributed by atoms with Gasteiger partial charge in [0.1, 0.15) is 0 Å². The zero-order valence-electron chi connectivity index (χ0n) is 20.8. The van der Waals surface area contributed by atoms with E-state index in [1.807, 2.05) is 73.1 Å². The van der Waals surface area contributed by atoms with Crippen molar-refractivity contribution < 1.29 is 4.21 Å². The second-order valence-corrected chi connectivity index (χ2v) is 22.2. The Bertz CT molecular complexity index is 1220. The molecule has 0 radical (unpaired) electrons. The minimum absolute atomic E-state index is 0.794. The van der Waals surface area contributed by atoms with Crippen molar-refractivity contribution in [2.45, 2.75) is 49.1 Å². The number of benzene rings is 2. The summed E-state index contributed by atoms with van der Waals surface area (Å²) in [6.45, 7) is 14.0. The van der Waals surface area contributed by atoms with Crippen LogP contribution in [0.25, 0.3) is 22.5 Å². The molecule has 3 nitrogen and oxygen atoms in total. The molecule has 0 spiro atoms. The standard InChI is InChI=1S/C28H32N2OSSi2/c1-33(2,3)25-9-7-19-29-27(25)21-11-15-23(16-12-21)32(31)24-17-13-22(14-18-24)28-26(34(4,5)6)10-8-20-30-28/h7-20H,1-6H3. The van der Waals surface area contributed by atoms with Gasteiger partial charge in [-0.25, -0.2) is 4.21 Å². The van der Waals surface area contributed by atoms with E-state index in [0.717, 1.165) is 32.3 Å². The number of pyridine rings is 2. The number of hydrogen-bond donors (Lipinski definition) is 0. The third-order valence-corrected chi connectivity index (χ3v) is 11.4. The maximum absolute atomic E-state index is 13.3. The predicted molar refractivity (Wildman–Crippen MR) is 150 cm³/mol. The molecule has 0 atom stereocenters. The summed E-state index contributed by atoms with van der Waals surface area (Å²) in [6.07, 6.45) is 3.70. The molecule has 0 aliphatic heterocycles. The summed E-state index contributed by atoms with van der Waals surface area (Å²) in [6, 6.07) is 24.4. The quantitative estimate of drug-likeness (QED) is 0.302. The van der Waals surface area contributed by atoms with Gasteiger partial charge in [-0.2, -0.15) is 0 Å². The highest BCUT2D eigenvalue weighted by Gasteiger charge is 2.23. The van der Waals surface area contributed by atoms with Crippen LogP contribution in [0.1, 0.15) is 0 Å². The topological polar surface area (TPSA) is 42.9 Å². The van der Waals surface area contributed by atoms with Crippen molar-refractivity contribution in [3.05, 3.63) is 85.2 Å². The number of aromatic nitrogens is 2. The maximum Gasteiger partial charge on any atom is 0.0849 e. The molecule has 34 heavy (non-hydrogen) atoms. The molecule has 2 aromatic carbocycles. The fourth-order valence-electron chi connectivity index (χ4n) is 4.09. The molecule has 0 fully saturated rings. The minimum atomic E-state index is -1.52. The van der Waals surface area contributed by atoms with Crippen LogP contribution in [-0.4, -0.2) is 30.3 Å². The van der Waals surface area contributed by atoms with Crippen molar-refractivity contribution in [3.63, 3.8) is 0 Å². The van der Waals surface area contributed by atoms with Crippen molar-refractivity contribution in [1.29, 1.82) is 0 Å². The second-order valence-electron chi connectivity index (χ2n) is 10.6. The first-order chi connectivity index (χ1) is 16.1. The lowest BCUT2D eigenvalue weighted by Gasteiger charge is -2.20. The van der Waals surface area contributed by atoms with Crippen molar-refractivity contribution in [3.8, 4) is 22.5 Å². The highest BCUT2D eigenvalue weighted by molar-refractivity contribution is 7.85. The van der Waals surface area contributed by atoms with Gasteiger partial charge in [0, 0.05) is 33.3 Å². The first kappa shape index (κ1) is 24.4. The third-order valence-electron chi connectivity index (χ3n) is 5.92. The van der Waals surface area contributed by atoms with Crippen molar-refractivity contribution in [2.75, 3.05) is 0 Å². The Balaban J connectivity index is 1.60. The molecule has 0 saturated carbocycles. The lowest BCUT2D eigenvalue weighted by atomic mass is 10.1. The zero-order chi connectivity index (χ0) is 24.5. The summed E-state index contributed by atoms with van der Waals surface area (Å²) >= 11 is 0. The van der Waals surface area contributed by atoms with Gasteiger partial charge in [0.05, 0.1) is 38.3 Å². The first-order valence-electron chi connectivity index (χ1n) is 11.6. The van der Waals surface area contributed by atoms with E-state index in [4.69, 9.17) is 0 Å². The summed E-state index contributed by atoms with van der Waals surface area (Å²) in [5, 5.41) is 2.68. The molecule has 0 saturated heterocycles. The van der Waals surface area contributed by atoms with Gasteiger partial charge in [-0.1, -0.05) is 75.7 Å². The monoisotopic (exact) mass is 500 g/mol. The Kier molecular flexibility index (Phi) is 6.85. The smallest absolute Gasteiger partial charge is 0.0849 e. The molecule has 2 aromatic heterocycles. The Morgan fingerprint density at radius 3 is 1.24 bits per heavy atom. The Hall–Kier alpha value is -2.68. The molecule has 4 rings (SSSR count). The van der Waals surface area contributed by atoms with E-state index >= 15 is 0 Å². The minimum Gasteiger partial charge on any atom is -0.256 e. The van der Waals surface area contributed by atoms with Crippen LogP contribution in [-0.2, 0) is 10.8 Å². The molecule has 174 valence electrons. The number of rotatable bonds is 6. The summed E-state index contributed by atoms with van der Waals surface area (Å²) < 4.78 is 13.3. The van der Waals surface area contributed by atoms with Crippen LogP contribution in [0.5, 0.6) is 0 Å². The largest absolute Gasteiger partial charge is 0.256 e. The van der Waals surface area contributed by atoms with Crippen LogP contribution >= 0.6 is 0 Å². The van der Waals surface area contributed by atoms with E-state index in [-0.39, 0.29) is 0 Å². The van der Waals surface area contributed by atoms with E-state index in [0.29, 0.717) is 0 Å². The van der Waals surface area contributed by atoms with E-state index in [1.165, 1.54) is 10.4 Å².